The molecule has 1 heterocycles. The van der Waals surface area contributed by atoms with Crippen molar-refractivity contribution < 1.29 is 22.8 Å². The summed E-state index contributed by atoms with van der Waals surface area (Å²) in [5.74, 6) is -1.75. The van der Waals surface area contributed by atoms with Crippen LogP contribution in [0.15, 0.2) is 47.0 Å². The van der Waals surface area contributed by atoms with Crippen molar-refractivity contribution in [1.82, 2.24) is 5.16 Å². The average Bonchev–Trinajstić information content (AvgIpc) is 2.97. The van der Waals surface area contributed by atoms with Crippen molar-refractivity contribution in [3.8, 4) is 5.75 Å². The van der Waals surface area contributed by atoms with Gasteiger partial charge in [0.05, 0.1) is 5.56 Å². The van der Waals surface area contributed by atoms with Crippen LogP contribution in [0, 0.1) is 25.5 Å². The Kier molecular flexibility index (Phi) is 4.97. The average molecular weight is 358 g/mol. The molecule has 1 amide bonds. The minimum atomic E-state index is -0.829. The standard InChI is InChI=1S/C19H16F2N2O3/c1-11-3-6-14(7-4-11)22-19(24)18-15(12(2)26-23-18)10-25-17-8-5-13(20)9-16(17)21/h3-9H,10H2,1-2H3,(H,22,24). The van der Waals surface area contributed by atoms with Crippen LogP contribution >= 0.6 is 0 Å². The van der Waals surface area contributed by atoms with Crippen LogP contribution < -0.4 is 10.1 Å². The molecule has 0 radical (unpaired) electrons. The predicted molar refractivity (Wildman–Crippen MR) is 91.1 cm³/mol. The van der Waals surface area contributed by atoms with Gasteiger partial charge in [-0.3, -0.25) is 4.79 Å². The number of aryl methyl sites for hydroxylation is 2. The molecule has 0 saturated heterocycles. The van der Waals surface area contributed by atoms with E-state index in [0.717, 1.165) is 17.7 Å². The molecule has 0 aliphatic carbocycles. The first-order valence-corrected chi connectivity index (χ1v) is 7.85. The van der Waals surface area contributed by atoms with Gasteiger partial charge in [0.2, 0.25) is 0 Å². The first-order chi connectivity index (χ1) is 12.4. The lowest BCUT2D eigenvalue weighted by Crippen LogP contribution is -2.15. The highest BCUT2D eigenvalue weighted by molar-refractivity contribution is 6.03. The number of ether oxygens (including phenoxy) is 1. The fraction of sp³-hybridized carbons (Fsp3) is 0.158. The van der Waals surface area contributed by atoms with Crippen molar-refractivity contribution in [2.45, 2.75) is 20.5 Å². The summed E-state index contributed by atoms with van der Waals surface area (Å²) in [4.78, 5) is 12.4. The Bertz CT molecular complexity index is 936. The van der Waals surface area contributed by atoms with Crippen LogP contribution in [-0.2, 0) is 6.61 Å². The maximum Gasteiger partial charge on any atom is 0.278 e. The number of benzene rings is 2. The van der Waals surface area contributed by atoms with Crippen molar-refractivity contribution in [3.05, 3.63) is 76.7 Å². The Morgan fingerprint density at radius 2 is 1.88 bits per heavy atom. The monoisotopic (exact) mass is 358 g/mol. The van der Waals surface area contributed by atoms with Crippen LogP contribution in [0.5, 0.6) is 5.75 Å². The molecule has 0 bridgehead atoms. The van der Waals surface area contributed by atoms with E-state index < -0.39 is 17.5 Å². The molecule has 0 unspecified atom stereocenters. The smallest absolute Gasteiger partial charge is 0.278 e. The van der Waals surface area contributed by atoms with E-state index in [0.29, 0.717) is 17.0 Å². The van der Waals surface area contributed by atoms with Crippen molar-refractivity contribution in [3.63, 3.8) is 0 Å². The number of nitrogens with zero attached hydrogens (tertiary/aromatic N) is 1. The molecule has 1 aromatic heterocycles. The van der Waals surface area contributed by atoms with Crippen molar-refractivity contribution in [2.24, 2.45) is 0 Å². The normalized spacial score (nSPS) is 10.6. The zero-order valence-corrected chi connectivity index (χ0v) is 14.2. The molecular weight excluding hydrogens is 342 g/mol. The minimum Gasteiger partial charge on any atom is -0.486 e. The van der Waals surface area contributed by atoms with E-state index in [1.165, 1.54) is 6.07 Å². The number of aromatic nitrogens is 1. The highest BCUT2D eigenvalue weighted by atomic mass is 19.1. The van der Waals surface area contributed by atoms with Gasteiger partial charge >= 0.3 is 0 Å². The fourth-order valence-corrected chi connectivity index (χ4v) is 2.31. The zero-order chi connectivity index (χ0) is 18.7. The first-order valence-electron chi connectivity index (χ1n) is 7.85. The van der Waals surface area contributed by atoms with Crippen LogP contribution in [0.4, 0.5) is 14.5 Å². The number of hydrogen-bond donors (Lipinski definition) is 1. The van der Waals surface area contributed by atoms with Gasteiger partial charge in [-0.2, -0.15) is 0 Å². The third-order valence-electron chi connectivity index (χ3n) is 3.78. The molecule has 26 heavy (non-hydrogen) atoms. The van der Waals surface area contributed by atoms with Gasteiger partial charge in [-0.1, -0.05) is 22.9 Å². The maximum atomic E-state index is 13.7. The van der Waals surface area contributed by atoms with Gasteiger partial charge in [0.1, 0.15) is 18.2 Å². The summed E-state index contributed by atoms with van der Waals surface area (Å²) in [5, 5.41) is 6.47. The van der Waals surface area contributed by atoms with E-state index in [1.807, 2.05) is 19.1 Å². The molecule has 1 N–H and O–H groups in total. The number of rotatable bonds is 5. The molecule has 3 aromatic rings. The zero-order valence-electron chi connectivity index (χ0n) is 14.2. The van der Waals surface area contributed by atoms with Gasteiger partial charge in [0, 0.05) is 11.8 Å². The quantitative estimate of drug-likeness (QED) is 0.734. The van der Waals surface area contributed by atoms with Crippen molar-refractivity contribution in [2.75, 3.05) is 5.32 Å². The number of nitrogens with one attached hydrogen (secondary N) is 1. The molecule has 2 aromatic carbocycles. The number of hydrogen-bond acceptors (Lipinski definition) is 4. The highest BCUT2D eigenvalue weighted by Crippen LogP contribution is 2.22. The van der Waals surface area contributed by atoms with Crippen LogP contribution in [0.2, 0.25) is 0 Å². The summed E-state index contributed by atoms with van der Waals surface area (Å²) >= 11 is 0. The molecule has 134 valence electrons. The van der Waals surface area contributed by atoms with Crippen LogP contribution in [0.25, 0.3) is 0 Å². The van der Waals surface area contributed by atoms with E-state index >= 15 is 0 Å². The van der Waals surface area contributed by atoms with Crippen LogP contribution in [-0.4, -0.2) is 11.1 Å². The Morgan fingerprint density at radius 1 is 1.15 bits per heavy atom. The van der Waals surface area contributed by atoms with Gasteiger partial charge in [-0.05, 0) is 38.1 Å². The second-order valence-electron chi connectivity index (χ2n) is 5.75. The van der Waals surface area contributed by atoms with Gasteiger partial charge in [0.25, 0.3) is 5.91 Å². The number of carbonyl (C=O) groups is 1. The van der Waals surface area contributed by atoms with E-state index in [1.54, 1.807) is 19.1 Å². The second kappa shape index (κ2) is 7.35. The SMILES string of the molecule is Cc1ccc(NC(=O)c2noc(C)c2COc2ccc(F)cc2F)cc1. The molecule has 7 heteroatoms. The van der Waals surface area contributed by atoms with E-state index in [9.17, 15) is 13.6 Å². The van der Waals surface area contributed by atoms with Gasteiger partial charge in [-0.25, -0.2) is 8.78 Å². The van der Waals surface area contributed by atoms with Gasteiger partial charge in [-0.15, -0.1) is 0 Å². The molecule has 3 rings (SSSR count). The molecule has 0 spiro atoms. The molecular formula is C19H16F2N2O3. The van der Waals surface area contributed by atoms with Crippen molar-refractivity contribution in [1.29, 1.82) is 0 Å². The summed E-state index contributed by atoms with van der Waals surface area (Å²) in [6.45, 7) is 3.42. The largest absolute Gasteiger partial charge is 0.486 e. The lowest BCUT2D eigenvalue weighted by Gasteiger charge is -2.08. The summed E-state index contributed by atoms with van der Waals surface area (Å²) < 4.78 is 37.0. The van der Waals surface area contributed by atoms with Gasteiger partial charge in [0.15, 0.2) is 17.3 Å². The number of halogens is 2. The molecule has 5 nitrogen and oxygen atoms in total. The third-order valence-corrected chi connectivity index (χ3v) is 3.78. The molecule has 0 aliphatic heterocycles. The summed E-state index contributed by atoms with van der Waals surface area (Å²) in [6, 6.07) is 10.3. The fourth-order valence-electron chi connectivity index (χ4n) is 2.31. The van der Waals surface area contributed by atoms with E-state index in [2.05, 4.69) is 10.5 Å². The Morgan fingerprint density at radius 3 is 2.58 bits per heavy atom. The summed E-state index contributed by atoms with van der Waals surface area (Å²) in [7, 11) is 0. The lowest BCUT2D eigenvalue weighted by atomic mass is 10.2. The number of amides is 1. The number of carbonyl (C=O) groups excluding carboxylic acids is 1. The van der Waals surface area contributed by atoms with E-state index in [-0.39, 0.29) is 18.1 Å². The molecule has 0 atom stereocenters. The summed E-state index contributed by atoms with van der Waals surface area (Å²) in [5.41, 5.74) is 2.11. The first kappa shape index (κ1) is 17.6. The third kappa shape index (κ3) is 3.88. The van der Waals surface area contributed by atoms with Crippen LogP contribution in [0.3, 0.4) is 0 Å². The van der Waals surface area contributed by atoms with Gasteiger partial charge < -0.3 is 14.6 Å². The predicted octanol–water partition coefficient (Wildman–Crippen LogP) is 4.40. The second-order valence-corrected chi connectivity index (χ2v) is 5.75. The topological polar surface area (TPSA) is 64.4 Å². The molecule has 0 saturated carbocycles. The molecule has 0 fully saturated rings. The Balaban J connectivity index is 1.75. The van der Waals surface area contributed by atoms with E-state index in [4.69, 9.17) is 9.26 Å². The summed E-state index contributed by atoms with van der Waals surface area (Å²) in [6.07, 6.45) is 0. The van der Waals surface area contributed by atoms with Crippen LogP contribution in [0.1, 0.15) is 27.4 Å². The lowest BCUT2D eigenvalue weighted by molar-refractivity contribution is 0.101. The number of anilines is 1. The van der Waals surface area contributed by atoms with Crippen molar-refractivity contribution >= 4 is 11.6 Å². The Hall–Kier alpha value is -3.22. The maximum absolute atomic E-state index is 13.7. The minimum absolute atomic E-state index is 0.0468. The highest BCUT2D eigenvalue weighted by Gasteiger charge is 2.21. The molecule has 0 aliphatic rings. The Labute approximate surface area is 148 Å².